The first-order valence-corrected chi connectivity index (χ1v) is 9.52. The van der Waals surface area contributed by atoms with Crippen LogP contribution in [0.5, 0.6) is 0 Å². The van der Waals surface area contributed by atoms with Crippen LogP contribution in [0.4, 0.5) is 26.3 Å². The maximum atomic E-state index is 13.1. The Labute approximate surface area is 142 Å². The molecule has 0 bridgehead atoms. The Bertz CT molecular complexity index is 473. The van der Waals surface area contributed by atoms with Gasteiger partial charge in [-0.05, 0) is 12.8 Å². The first-order chi connectivity index (χ1) is 11.3. The summed E-state index contributed by atoms with van der Waals surface area (Å²) in [6.07, 6.45) is -9.08. The second-order valence-electron chi connectivity index (χ2n) is 5.82. The summed E-state index contributed by atoms with van der Waals surface area (Å²) in [5.41, 5.74) is 0. The van der Waals surface area contributed by atoms with E-state index < -0.39 is 32.7 Å². The summed E-state index contributed by atoms with van der Waals surface area (Å²) in [7, 11) is 1.11. The highest BCUT2D eigenvalue weighted by Gasteiger charge is 2.55. The van der Waals surface area contributed by atoms with E-state index in [1.165, 1.54) is 28.2 Å². The predicted molar refractivity (Wildman–Crippen MR) is 81.1 cm³/mol. The Morgan fingerprint density at radius 3 is 1.32 bits per heavy atom. The zero-order chi connectivity index (χ0) is 19.5. The van der Waals surface area contributed by atoms with Crippen molar-refractivity contribution in [1.29, 1.82) is 0 Å². The zero-order valence-corrected chi connectivity index (χ0v) is 15.2. The van der Waals surface area contributed by atoms with Gasteiger partial charge in [-0.15, -0.1) is 10.2 Å². The topological polar surface area (TPSA) is 49.7 Å². The fourth-order valence-corrected chi connectivity index (χ4v) is 5.42. The fourth-order valence-electron chi connectivity index (χ4n) is 2.12. The number of hydrogen-bond acceptors (Lipinski definition) is 6. The minimum atomic E-state index is -4.95. The highest BCUT2D eigenvalue weighted by Crippen LogP contribution is 2.36. The third kappa shape index (κ3) is 6.63. The van der Waals surface area contributed by atoms with Crippen molar-refractivity contribution >= 4 is 20.4 Å². The van der Waals surface area contributed by atoms with E-state index in [1.807, 2.05) is 0 Å². The van der Waals surface area contributed by atoms with Gasteiger partial charge in [0.25, 0.3) is 0 Å². The second-order valence-corrected chi connectivity index (χ2v) is 9.05. The Morgan fingerprint density at radius 2 is 1.08 bits per heavy atom. The molecule has 6 nitrogen and oxygen atoms in total. The summed E-state index contributed by atoms with van der Waals surface area (Å²) in [5.74, 6) is -3.23. The number of halogens is 6. The van der Waals surface area contributed by atoms with Crippen LogP contribution in [-0.2, 0) is 8.85 Å². The number of alkyl halides is 6. The summed E-state index contributed by atoms with van der Waals surface area (Å²) in [4.78, 5) is 0. The molecule has 0 aliphatic carbocycles. The number of rotatable bonds is 4. The zero-order valence-electron chi connectivity index (χ0n) is 14.2. The van der Waals surface area contributed by atoms with Gasteiger partial charge >= 0.3 is 32.7 Å². The minimum Gasteiger partial charge on any atom is -0.493 e. The summed E-state index contributed by atoms with van der Waals surface area (Å²) >= 11 is 0. The van der Waals surface area contributed by atoms with Gasteiger partial charge in [-0.25, -0.2) is 0 Å². The van der Waals surface area contributed by atoms with E-state index in [9.17, 15) is 26.3 Å². The molecule has 13 heteroatoms. The van der Waals surface area contributed by atoms with Crippen LogP contribution in [-0.4, -0.2) is 70.9 Å². The average Bonchev–Trinajstić information content (AvgIpc) is 2.82. The summed E-state index contributed by atoms with van der Waals surface area (Å²) in [5, 5.41) is 8.15. The fraction of sp³-hybridized carbons (Fsp3) is 0.833. The van der Waals surface area contributed by atoms with Crippen molar-refractivity contribution in [2.24, 2.45) is 10.2 Å². The summed E-state index contributed by atoms with van der Waals surface area (Å²) in [6.45, 7) is 0. The van der Waals surface area contributed by atoms with E-state index in [-0.39, 0.29) is 12.1 Å². The van der Waals surface area contributed by atoms with Gasteiger partial charge in [-0.1, -0.05) is 0 Å². The van der Waals surface area contributed by atoms with Crippen LogP contribution in [0.25, 0.3) is 0 Å². The van der Waals surface area contributed by atoms with Crippen LogP contribution >= 0.6 is 0 Å². The largest absolute Gasteiger partial charge is 0.493 e. The smallest absolute Gasteiger partial charge is 0.468 e. The molecule has 25 heavy (non-hydrogen) atoms. The van der Waals surface area contributed by atoms with E-state index in [1.54, 1.807) is 0 Å². The normalized spacial score (nSPS) is 19.0. The van der Waals surface area contributed by atoms with Gasteiger partial charge in [0.15, 0.2) is 0 Å². The molecule has 0 N–H and O–H groups in total. The SMILES string of the molecule is CN(C)/N=C(/O[Si]1(O/C(=N/N(C)C)C(F)(F)F)CCCC1)C(F)(F)F. The standard InChI is InChI=1S/C12H20F6N4O2Si/c1-21(2)19-9(11(13,14)15)23-25(7-5-6-8-25)24-10(12(16,17)18)20-22(3)4/h5-8H2,1-4H3/b19-9+,20-10+. The highest BCUT2D eigenvalue weighted by molar-refractivity contribution is 6.71. The number of hydrogen-bond donors (Lipinski definition) is 0. The predicted octanol–water partition coefficient (Wildman–Crippen LogP) is 3.13. The molecule has 1 aliphatic rings. The van der Waals surface area contributed by atoms with Crippen molar-refractivity contribution in [3.63, 3.8) is 0 Å². The Balaban J connectivity index is 3.19. The van der Waals surface area contributed by atoms with E-state index in [4.69, 9.17) is 8.85 Å². The molecule has 0 unspecified atom stereocenters. The van der Waals surface area contributed by atoms with Crippen molar-refractivity contribution < 1.29 is 35.2 Å². The molecular formula is C12H20F6N4O2Si. The van der Waals surface area contributed by atoms with Crippen LogP contribution in [0.3, 0.4) is 0 Å². The molecule has 0 aromatic carbocycles. The Kier molecular flexibility index (Phi) is 6.59. The van der Waals surface area contributed by atoms with Crippen molar-refractivity contribution in [2.75, 3.05) is 28.2 Å². The number of hydrazone groups is 2. The third-order valence-electron chi connectivity index (χ3n) is 3.00. The molecule has 0 amide bonds. The van der Waals surface area contributed by atoms with E-state index in [0.717, 1.165) is 10.0 Å². The summed E-state index contributed by atoms with van der Waals surface area (Å²) < 4.78 is 88.6. The first-order valence-electron chi connectivity index (χ1n) is 7.29. The van der Waals surface area contributed by atoms with Crippen molar-refractivity contribution in [1.82, 2.24) is 10.0 Å². The molecule has 0 atom stereocenters. The highest BCUT2D eigenvalue weighted by atomic mass is 28.4. The first kappa shape index (κ1) is 21.4. The lowest BCUT2D eigenvalue weighted by Crippen LogP contribution is -2.49. The van der Waals surface area contributed by atoms with Crippen molar-refractivity contribution in [3.8, 4) is 0 Å². The van der Waals surface area contributed by atoms with Crippen molar-refractivity contribution in [3.05, 3.63) is 0 Å². The van der Waals surface area contributed by atoms with E-state index in [2.05, 4.69) is 10.2 Å². The summed E-state index contributed by atoms with van der Waals surface area (Å²) in [6, 6.07) is -0.0316. The molecule has 0 radical (unpaired) electrons. The van der Waals surface area contributed by atoms with Crippen molar-refractivity contribution in [2.45, 2.75) is 37.3 Å². The molecule has 0 aromatic heterocycles. The van der Waals surface area contributed by atoms with Crippen LogP contribution in [0.15, 0.2) is 10.2 Å². The molecule has 0 spiro atoms. The molecule has 1 rings (SSSR count). The van der Waals surface area contributed by atoms with Crippen LogP contribution in [0.1, 0.15) is 12.8 Å². The lowest BCUT2D eigenvalue weighted by atomic mass is 10.4. The van der Waals surface area contributed by atoms with Crippen LogP contribution in [0.2, 0.25) is 12.1 Å². The molecule has 1 heterocycles. The molecule has 1 saturated heterocycles. The van der Waals surface area contributed by atoms with Gasteiger partial charge in [0.1, 0.15) is 0 Å². The Morgan fingerprint density at radius 1 is 0.760 bits per heavy atom. The molecule has 0 saturated carbocycles. The number of nitrogens with zero attached hydrogens (tertiary/aromatic N) is 4. The van der Waals surface area contributed by atoms with E-state index >= 15 is 0 Å². The van der Waals surface area contributed by atoms with Gasteiger partial charge in [-0.2, -0.15) is 26.3 Å². The van der Waals surface area contributed by atoms with E-state index in [0.29, 0.717) is 12.8 Å². The van der Waals surface area contributed by atoms with Gasteiger partial charge in [-0.3, -0.25) is 10.0 Å². The maximum Gasteiger partial charge on any atom is 0.468 e. The van der Waals surface area contributed by atoms with Gasteiger partial charge in [0.2, 0.25) is 0 Å². The monoisotopic (exact) mass is 394 g/mol. The van der Waals surface area contributed by atoms with Gasteiger partial charge < -0.3 is 8.85 Å². The minimum absolute atomic E-state index is 0.0158. The molecule has 146 valence electrons. The van der Waals surface area contributed by atoms with Gasteiger partial charge in [0, 0.05) is 40.3 Å². The lowest BCUT2D eigenvalue weighted by Gasteiger charge is -2.30. The molecular weight excluding hydrogens is 374 g/mol. The molecule has 0 aromatic rings. The van der Waals surface area contributed by atoms with Crippen LogP contribution in [0, 0.1) is 0 Å². The Hall–Kier alpha value is -1.66. The maximum absolute atomic E-state index is 13.1. The van der Waals surface area contributed by atoms with Gasteiger partial charge in [0.05, 0.1) is 0 Å². The molecule has 1 fully saturated rings. The van der Waals surface area contributed by atoms with Crippen LogP contribution < -0.4 is 0 Å². The molecule has 1 aliphatic heterocycles. The lowest BCUT2D eigenvalue weighted by molar-refractivity contribution is -0.0784. The average molecular weight is 394 g/mol. The quantitative estimate of drug-likeness (QED) is 0.242. The second kappa shape index (κ2) is 7.70. The third-order valence-corrected chi connectivity index (χ3v) is 6.36.